The van der Waals surface area contributed by atoms with Crippen molar-refractivity contribution >= 4 is 0 Å². The minimum atomic E-state index is -0.452. The molecule has 0 aromatic heterocycles. The maximum Gasteiger partial charge on any atom is 1.00 e. The Hall–Kier alpha value is 0.557. The summed E-state index contributed by atoms with van der Waals surface area (Å²) in [5.74, 6) is 0. The summed E-state index contributed by atoms with van der Waals surface area (Å²) >= 11 is 0. The molecule has 0 aromatic carbocycles. The Labute approximate surface area is 90.6 Å². The zero-order valence-electron chi connectivity index (χ0n) is 10.2. The number of hydrogen-bond acceptors (Lipinski definition) is 1. The third-order valence-electron chi connectivity index (χ3n) is 1.89. The molecule has 0 fully saturated rings. The van der Waals surface area contributed by atoms with Crippen molar-refractivity contribution in [3.05, 3.63) is 0 Å². The molecule has 0 aliphatic carbocycles. The molecule has 12 heavy (non-hydrogen) atoms. The van der Waals surface area contributed by atoms with E-state index in [1.165, 1.54) is 32.1 Å². The first-order chi connectivity index (χ1) is 5.06. The predicted octanol–water partition coefficient (Wildman–Crippen LogP) is 0.234. The molecule has 0 rings (SSSR count). The third-order valence-corrected chi connectivity index (χ3v) is 1.89. The van der Waals surface area contributed by atoms with Crippen molar-refractivity contribution in [2.45, 2.75) is 64.9 Å². The number of rotatable bonds is 6. The molecule has 0 unspecified atom stereocenters. The number of aliphatic hydroxyl groups is 1. The van der Waals surface area contributed by atoms with E-state index in [0.717, 1.165) is 6.42 Å². The SMILES string of the molecule is CCCCCCCC(C)(C)O.[H-].[Li+]. The molecule has 0 saturated heterocycles. The molecule has 0 aliphatic heterocycles. The second-order valence-corrected chi connectivity index (χ2v) is 3.98. The van der Waals surface area contributed by atoms with E-state index in [9.17, 15) is 5.11 Å². The van der Waals surface area contributed by atoms with Gasteiger partial charge in [-0.25, -0.2) is 0 Å². The molecule has 1 N–H and O–H groups in total. The molecule has 2 heteroatoms. The van der Waals surface area contributed by atoms with E-state index < -0.39 is 5.60 Å². The average Bonchev–Trinajstić information content (AvgIpc) is 1.85. The van der Waals surface area contributed by atoms with Gasteiger partial charge in [0.2, 0.25) is 0 Å². The normalized spacial score (nSPS) is 11.0. The van der Waals surface area contributed by atoms with Gasteiger partial charge in [-0.3, -0.25) is 0 Å². The van der Waals surface area contributed by atoms with Crippen molar-refractivity contribution in [1.82, 2.24) is 0 Å². The Morgan fingerprint density at radius 2 is 1.58 bits per heavy atom. The van der Waals surface area contributed by atoms with Crippen LogP contribution in [0.1, 0.15) is 60.7 Å². The zero-order valence-corrected chi connectivity index (χ0v) is 9.19. The van der Waals surface area contributed by atoms with E-state index >= 15 is 0 Å². The summed E-state index contributed by atoms with van der Waals surface area (Å²) in [4.78, 5) is 0. The van der Waals surface area contributed by atoms with Crippen LogP contribution in [0.15, 0.2) is 0 Å². The van der Waals surface area contributed by atoms with Gasteiger partial charge >= 0.3 is 18.9 Å². The first kappa shape index (κ1) is 15.0. The summed E-state index contributed by atoms with van der Waals surface area (Å²) < 4.78 is 0. The van der Waals surface area contributed by atoms with Gasteiger partial charge in [-0.15, -0.1) is 0 Å². The van der Waals surface area contributed by atoms with Crippen LogP contribution < -0.4 is 18.9 Å². The fourth-order valence-electron chi connectivity index (χ4n) is 1.16. The molecule has 1 nitrogen and oxygen atoms in total. The molecule has 0 aliphatic rings. The van der Waals surface area contributed by atoms with E-state index in [2.05, 4.69) is 6.92 Å². The molecule has 0 radical (unpaired) electrons. The van der Waals surface area contributed by atoms with Crippen molar-refractivity contribution in [2.24, 2.45) is 0 Å². The maximum atomic E-state index is 9.37. The monoisotopic (exact) mass is 166 g/mol. The maximum absolute atomic E-state index is 9.37. The van der Waals surface area contributed by atoms with Crippen LogP contribution in [-0.4, -0.2) is 10.7 Å². The Bertz CT molecular complexity index is 91.4. The van der Waals surface area contributed by atoms with Gasteiger partial charge < -0.3 is 6.53 Å². The molecule has 0 heterocycles. The summed E-state index contributed by atoms with van der Waals surface area (Å²) in [6, 6.07) is 0. The van der Waals surface area contributed by atoms with Gasteiger partial charge in [0.25, 0.3) is 0 Å². The van der Waals surface area contributed by atoms with Crippen molar-refractivity contribution < 1.29 is 25.4 Å². The number of hydrogen-bond donors (Lipinski definition) is 1. The predicted molar refractivity (Wildman–Crippen MR) is 50.8 cm³/mol. The van der Waals surface area contributed by atoms with E-state index in [4.69, 9.17) is 0 Å². The van der Waals surface area contributed by atoms with Crippen LogP contribution in [0.4, 0.5) is 0 Å². The van der Waals surface area contributed by atoms with Gasteiger partial charge in [-0.2, -0.15) is 0 Å². The van der Waals surface area contributed by atoms with Gasteiger partial charge in [0.15, 0.2) is 0 Å². The van der Waals surface area contributed by atoms with Crippen LogP contribution in [0.25, 0.3) is 0 Å². The summed E-state index contributed by atoms with van der Waals surface area (Å²) in [5.41, 5.74) is -0.452. The minimum Gasteiger partial charge on any atom is -1.00 e. The van der Waals surface area contributed by atoms with Crippen LogP contribution in [0, 0.1) is 0 Å². The average molecular weight is 166 g/mol. The largest absolute Gasteiger partial charge is 1.00 e. The molecule has 0 saturated carbocycles. The number of unbranched alkanes of at least 4 members (excludes halogenated alkanes) is 4. The van der Waals surface area contributed by atoms with Crippen LogP contribution in [-0.2, 0) is 0 Å². The zero-order chi connectivity index (χ0) is 8.74. The second-order valence-electron chi connectivity index (χ2n) is 3.98. The van der Waals surface area contributed by atoms with Crippen molar-refractivity contribution in [2.75, 3.05) is 0 Å². The summed E-state index contributed by atoms with van der Waals surface area (Å²) in [6.45, 7) is 5.98. The fraction of sp³-hybridized carbons (Fsp3) is 1.00. The fourth-order valence-corrected chi connectivity index (χ4v) is 1.16. The molecular weight excluding hydrogens is 143 g/mol. The standard InChI is InChI=1S/C10H22O.Li.H/c1-4-5-6-7-8-9-10(2,3)11;;/h11H,4-9H2,1-3H3;;/q;+1;-1. The van der Waals surface area contributed by atoms with E-state index in [-0.39, 0.29) is 20.3 Å². The third kappa shape index (κ3) is 13.2. The van der Waals surface area contributed by atoms with E-state index in [0.29, 0.717) is 0 Å². The van der Waals surface area contributed by atoms with Crippen molar-refractivity contribution in [1.29, 1.82) is 0 Å². The van der Waals surface area contributed by atoms with Crippen LogP contribution in [0.2, 0.25) is 0 Å². The van der Waals surface area contributed by atoms with Gasteiger partial charge in [-0.1, -0.05) is 39.0 Å². The second kappa shape index (κ2) is 8.17. The summed E-state index contributed by atoms with van der Waals surface area (Å²) in [6.07, 6.45) is 7.35. The van der Waals surface area contributed by atoms with Crippen LogP contribution >= 0.6 is 0 Å². The van der Waals surface area contributed by atoms with Gasteiger partial charge in [0.05, 0.1) is 5.60 Å². The van der Waals surface area contributed by atoms with Crippen molar-refractivity contribution in [3.63, 3.8) is 0 Å². The van der Waals surface area contributed by atoms with Gasteiger partial charge in [-0.05, 0) is 20.3 Å². The Kier molecular flexibility index (Phi) is 10.2. The molecule has 0 aromatic rings. The summed E-state index contributed by atoms with van der Waals surface area (Å²) in [5, 5.41) is 9.37. The van der Waals surface area contributed by atoms with Crippen molar-refractivity contribution in [3.8, 4) is 0 Å². The Morgan fingerprint density at radius 1 is 1.08 bits per heavy atom. The Balaban J connectivity index is -0.000000500. The molecular formula is C10H23LiO. The van der Waals surface area contributed by atoms with E-state index in [1.54, 1.807) is 0 Å². The molecule has 0 spiro atoms. The minimum absolute atomic E-state index is 0. The molecule has 70 valence electrons. The molecule has 0 amide bonds. The molecule has 0 atom stereocenters. The van der Waals surface area contributed by atoms with Gasteiger partial charge in [0, 0.05) is 0 Å². The smallest absolute Gasteiger partial charge is 1.00 e. The Morgan fingerprint density at radius 3 is 2.00 bits per heavy atom. The van der Waals surface area contributed by atoms with Crippen LogP contribution in [0.5, 0.6) is 0 Å². The van der Waals surface area contributed by atoms with Gasteiger partial charge in [0.1, 0.15) is 0 Å². The quantitative estimate of drug-likeness (QED) is 0.442. The summed E-state index contributed by atoms with van der Waals surface area (Å²) in [7, 11) is 0. The van der Waals surface area contributed by atoms with E-state index in [1.807, 2.05) is 13.8 Å². The first-order valence-electron chi connectivity index (χ1n) is 4.78. The topological polar surface area (TPSA) is 20.2 Å². The molecule has 0 bridgehead atoms. The van der Waals surface area contributed by atoms with Crippen LogP contribution in [0.3, 0.4) is 0 Å². The first-order valence-corrected chi connectivity index (χ1v) is 4.78.